The fraction of sp³-hybridized carbons (Fsp3) is 0.462. The maximum atomic E-state index is 10.4. The summed E-state index contributed by atoms with van der Waals surface area (Å²) in [6.45, 7) is 2.82. The van der Waals surface area contributed by atoms with Crippen LogP contribution in [0.5, 0.6) is 0 Å². The number of hydrogen-bond donors (Lipinski definition) is 2. The highest BCUT2D eigenvalue weighted by molar-refractivity contribution is 6.30. The van der Waals surface area contributed by atoms with Gasteiger partial charge < -0.3 is 10.4 Å². The van der Waals surface area contributed by atoms with Gasteiger partial charge >= 0.3 is 5.97 Å². The third kappa shape index (κ3) is 5.20. The molecule has 0 aliphatic rings. The molecule has 2 N–H and O–H groups in total. The van der Waals surface area contributed by atoms with E-state index in [9.17, 15) is 4.79 Å². The average Bonchev–Trinajstić information content (AvgIpc) is 2.30. The summed E-state index contributed by atoms with van der Waals surface area (Å²) in [6, 6.07) is 8.01. The number of nitrogens with one attached hydrogen (secondary N) is 1. The molecule has 94 valence electrons. The van der Waals surface area contributed by atoms with E-state index in [1.807, 2.05) is 24.3 Å². The van der Waals surface area contributed by atoms with Gasteiger partial charge in [-0.3, -0.25) is 4.79 Å². The molecular formula is C13H18ClNO2. The van der Waals surface area contributed by atoms with E-state index in [0.29, 0.717) is 13.0 Å². The fourth-order valence-electron chi connectivity index (χ4n) is 1.71. The minimum atomic E-state index is -0.744. The maximum absolute atomic E-state index is 10.4. The predicted octanol–water partition coefficient (Wildman–Crippen LogP) is 3.25. The first kappa shape index (κ1) is 14.0. The fourth-order valence-corrected chi connectivity index (χ4v) is 1.83. The molecular weight excluding hydrogens is 238 g/mol. The molecule has 0 saturated heterocycles. The Morgan fingerprint density at radius 2 is 2.06 bits per heavy atom. The Bertz CT molecular complexity index is 351. The number of halogens is 1. The van der Waals surface area contributed by atoms with E-state index in [0.717, 1.165) is 11.4 Å². The molecule has 1 rings (SSSR count). The Labute approximate surface area is 107 Å². The van der Waals surface area contributed by atoms with E-state index in [2.05, 4.69) is 12.2 Å². The van der Waals surface area contributed by atoms with E-state index in [-0.39, 0.29) is 12.5 Å². The van der Waals surface area contributed by atoms with Crippen molar-refractivity contribution in [2.45, 2.75) is 32.2 Å². The number of carboxylic acid groups (broad SMARTS) is 1. The second-order valence-electron chi connectivity index (χ2n) is 3.96. The van der Waals surface area contributed by atoms with Gasteiger partial charge in [-0.1, -0.05) is 30.7 Å². The zero-order chi connectivity index (χ0) is 12.7. The number of hydrogen-bond acceptors (Lipinski definition) is 2. The molecule has 0 aliphatic heterocycles. The molecule has 0 heterocycles. The lowest BCUT2D eigenvalue weighted by Gasteiger charge is -2.17. The van der Waals surface area contributed by atoms with Gasteiger partial charge in [0.1, 0.15) is 0 Å². The van der Waals surface area contributed by atoms with Crippen molar-refractivity contribution in [1.82, 2.24) is 5.32 Å². The first-order chi connectivity index (χ1) is 8.13. The number of rotatable bonds is 7. The molecule has 1 aromatic carbocycles. The molecule has 0 aliphatic carbocycles. The van der Waals surface area contributed by atoms with Crippen LogP contribution in [0, 0.1) is 0 Å². The van der Waals surface area contributed by atoms with Crippen LogP contribution in [-0.2, 0) is 4.79 Å². The summed E-state index contributed by atoms with van der Waals surface area (Å²) in [6.07, 6.45) is 1.83. The van der Waals surface area contributed by atoms with Crippen molar-refractivity contribution in [3.63, 3.8) is 0 Å². The Balaban J connectivity index is 2.43. The highest BCUT2D eigenvalue weighted by Crippen LogP contribution is 2.18. The van der Waals surface area contributed by atoms with Crippen molar-refractivity contribution in [1.29, 1.82) is 0 Å². The predicted molar refractivity (Wildman–Crippen MR) is 69.4 cm³/mol. The standard InChI is InChI=1S/C13H18ClNO2/c1-2-12(15-9-3-4-13(16)17)10-5-7-11(14)8-6-10/h5-8,12,15H,2-4,9H2,1H3,(H,16,17). The maximum Gasteiger partial charge on any atom is 0.303 e. The second kappa shape index (κ2) is 7.30. The Morgan fingerprint density at radius 1 is 1.41 bits per heavy atom. The SMILES string of the molecule is CCC(NCCCC(=O)O)c1ccc(Cl)cc1. The van der Waals surface area contributed by atoms with Gasteiger partial charge in [0.2, 0.25) is 0 Å². The van der Waals surface area contributed by atoms with Crippen LogP contribution in [0.3, 0.4) is 0 Å². The van der Waals surface area contributed by atoms with Crippen molar-refractivity contribution in [3.05, 3.63) is 34.9 Å². The summed E-state index contributed by atoms with van der Waals surface area (Å²) < 4.78 is 0. The van der Waals surface area contributed by atoms with Crippen LogP contribution in [0.4, 0.5) is 0 Å². The van der Waals surface area contributed by atoms with E-state index < -0.39 is 5.97 Å². The molecule has 1 unspecified atom stereocenters. The molecule has 4 heteroatoms. The molecule has 1 aromatic rings. The lowest BCUT2D eigenvalue weighted by atomic mass is 10.0. The van der Waals surface area contributed by atoms with E-state index in [1.165, 1.54) is 5.56 Å². The van der Waals surface area contributed by atoms with Crippen molar-refractivity contribution in [3.8, 4) is 0 Å². The van der Waals surface area contributed by atoms with Crippen molar-refractivity contribution in [2.24, 2.45) is 0 Å². The van der Waals surface area contributed by atoms with E-state index in [1.54, 1.807) is 0 Å². The Kier molecular flexibility index (Phi) is 6.01. The highest BCUT2D eigenvalue weighted by Gasteiger charge is 2.08. The number of carbonyl (C=O) groups is 1. The van der Waals surface area contributed by atoms with Gasteiger partial charge in [-0.25, -0.2) is 0 Å². The van der Waals surface area contributed by atoms with Gasteiger partial charge in [0.15, 0.2) is 0 Å². The first-order valence-electron chi connectivity index (χ1n) is 5.84. The Hall–Kier alpha value is -1.06. The van der Waals surface area contributed by atoms with E-state index in [4.69, 9.17) is 16.7 Å². The Morgan fingerprint density at radius 3 is 2.59 bits per heavy atom. The minimum absolute atomic E-state index is 0.212. The summed E-state index contributed by atoms with van der Waals surface area (Å²) in [7, 11) is 0. The molecule has 17 heavy (non-hydrogen) atoms. The molecule has 3 nitrogen and oxygen atoms in total. The van der Waals surface area contributed by atoms with Gasteiger partial charge in [-0.2, -0.15) is 0 Å². The second-order valence-corrected chi connectivity index (χ2v) is 4.40. The molecule has 0 amide bonds. The molecule has 0 spiro atoms. The van der Waals surface area contributed by atoms with Gasteiger partial charge in [-0.05, 0) is 37.1 Å². The number of aliphatic carboxylic acids is 1. The smallest absolute Gasteiger partial charge is 0.303 e. The van der Waals surface area contributed by atoms with Gasteiger partial charge in [0.25, 0.3) is 0 Å². The molecule has 0 fully saturated rings. The average molecular weight is 256 g/mol. The summed E-state index contributed by atoms with van der Waals surface area (Å²) in [4.78, 5) is 10.4. The molecule has 0 aromatic heterocycles. The van der Waals surface area contributed by atoms with Gasteiger partial charge in [0, 0.05) is 17.5 Å². The van der Waals surface area contributed by atoms with Crippen molar-refractivity contribution >= 4 is 17.6 Å². The van der Waals surface area contributed by atoms with Crippen LogP contribution in [0.2, 0.25) is 5.02 Å². The summed E-state index contributed by atoms with van der Waals surface area (Å²) >= 11 is 5.84. The molecule has 1 atom stereocenters. The van der Waals surface area contributed by atoms with Crippen LogP contribution < -0.4 is 5.32 Å². The molecule has 0 saturated carbocycles. The van der Waals surface area contributed by atoms with Gasteiger partial charge in [-0.15, -0.1) is 0 Å². The zero-order valence-corrected chi connectivity index (χ0v) is 10.7. The third-order valence-electron chi connectivity index (χ3n) is 2.64. The summed E-state index contributed by atoms with van der Waals surface area (Å²) in [5, 5.41) is 12.6. The summed E-state index contributed by atoms with van der Waals surface area (Å²) in [5.74, 6) is -0.744. The topological polar surface area (TPSA) is 49.3 Å². The number of benzene rings is 1. The quantitative estimate of drug-likeness (QED) is 0.736. The zero-order valence-electron chi connectivity index (χ0n) is 9.95. The van der Waals surface area contributed by atoms with E-state index >= 15 is 0 Å². The monoisotopic (exact) mass is 255 g/mol. The van der Waals surface area contributed by atoms with Crippen LogP contribution in [0.1, 0.15) is 37.8 Å². The lowest BCUT2D eigenvalue weighted by Crippen LogP contribution is -2.22. The number of carboxylic acids is 1. The normalized spacial score (nSPS) is 12.4. The summed E-state index contributed by atoms with van der Waals surface area (Å²) in [5.41, 5.74) is 1.19. The first-order valence-corrected chi connectivity index (χ1v) is 6.22. The van der Waals surface area contributed by atoms with Crippen LogP contribution in [0.15, 0.2) is 24.3 Å². The molecule has 0 bridgehead atoms. The van der Waals surface area contributed by atoms with Crippen molar-refractivity contribution in [2.75, 3.05) is 6.54 Å². The van der Waals surface area contributed by atoms with Crippen molar-refractivity contribution < 1.29 is 9.90 Å². The van der Waals surface area contributed by atoms with Crippen LogP contribution in [-0.4, -0.2) is 17.6 Å². The third-order valence-corrected chi connectivity index (χ3v) is 2.89. The van der Waals surface area contributed by atoms with Crippen LogP contribution >= 0.6 is 11.6 Å². The minimum Gasteiger partial charge on any atom is -0.481 e. The lowest BCUT2D eigenvalue weighted by molar-refractivity contribution is -0.137. The van der Waals surface area contributed by atoms with Gasteiger partial charge in [0.05, 0.1) is 0 Å². The molecule has 0 radical (unpaired) electrons. The van der Waals surface area contributed by atoms with Crippen LogP contribution in [0.25, 0.3) is 0 Å². The highest BCUT2D eigenvalue weighted by atomic mass is 35.5. The largest absolute Gasteiger partial charge is 0.481 e.